The fourth-order valence-corrected chi connectivity index (χ4v) is 4.75. The van der Waals surface area contributed by atoms with Crippen LogP contribution in [0.5, 0.6) is 0 Å². The van der Waals surface area contributed by atoms with Crippen LogP contribution < -0.4 is 11.0 Å². The van der Waals surface area contributed by atoms with Gasteiger partial charge in [0.15, 0.2) is 0 Å². The van der Waals surface area contributed by atoms with E-state index in [4.69, 9.17) is 0 Å². The van der Waals surface area contributed by atoms with Crippen molar-refractivity contribution in [3.05, 3.63) is 63.7 Å². The van der Waals surface area contributed by atoms with Gasteiger partial charge in [0.2, 0.25) is 11.7 Å². The lowest BCUT2D eigenvalue weighted by molar-refractivity contribution is -0.130. The van der Waals surface area contributed by atoms with Crippen LogP contribution in [0.15, 0.2) is 46.6 Å². The van der Waals surface area contributed by atoms with Crippen LogP contribution in [-0.2, 0) is 11.2 Å². The molecule has 0 aliphatic carbocycles. The van der Waals surface area contributed by atoms with Gasteiger partial charge in [-0.05, 0) is 49.3 Å². The average Bonchev–Trinajstić information content (AvgIpc) is 3.49. The topological polar surface area (TPSA) is 111 Å². The summed E-state index contributed by atoms with van der Waals surface area (Å²) in [4.78, 5) is 42.5. The molecule has 0 unspecified atom stereocenters. The molecule has 3 N–H and O–H groups in total. The molecule has 0 saturated carbocycles. The van der Waals surface area contributed by atoms with Crippen LogP contribution in [0.25, 0.3) is 10.4 Å². The van der Waals surface area contributed by atoms with E-state index in [0.29, 0.717) is 19.4 Å². The van der Waals surface area contributed by atoms with Crippen LogP contribution in [0.2, 0.25) is 0 Å². The summed E-state index contributed by atoms with van der Waals surface area (Å²) in [7, 11) is 0. The third kappa shape index (κ3) is 4.46. The minimum Gasteiger partial charge on any atom is -0.353 e. The minimum absolute atomic E-state index is 0.00183. The van der Waals surface area contributed by atoms with Gasteiger partial charge < -0.3 is 10.2 Å². The molecular formula is C22H25N5O3S. The second-order valence-corrected chi connectivity index (χ2v) is 9.21. The van der Waals surface area contributed by atoms with Crippen LogP contribution in [-0.4, -0.2) is 51.0 Å². The molecule has 1 fully saturated rings. The van der Waals surface area contributed by atoms with Gasteiger partial charge in [-0.15, -0.1) is 16.4 Å². The molecule has 3 aromatic rings. The SMILES string of the molecule is CC(C)NC(=O)[C@]1(Cc2ccc(-c3cccs3)cc2)CCN(C(=O)c2n[nH]c(=O)[nH]2)C1. The number of H-pyrrole nitrogens is 2. The van der Waals surface area contributed by atoms with Gasteiger partial charge in [-0.2, -0.15) is 0 Å². The number of aromatic amines is 2. The van der Waals surface area contributed by atoms with Crippen LogP contribution in [0.1, 0.15) is 36.5 Å². The van der Waals surface area contributed by atoms with Crippen molar-refractivity contribution in [2.45, 2.75) is 32.7 Å². The van der Waals surface area contributed by atoms with E-state index in [1.807, 2.05) is 25.3 Å². The first kappa shape index (κ1) is 21.0. The molecule has 2 amide bonds. The fourth-order valence-electron chi connectivity index (χ4n) is 4.01. The number of thiophene rings is 1. The molecule has 1 aliphatic rings. The number of hydrogen-bond donors (Lipinski definition) is 3. The largest absolute Gasteiger partial charge is 0.353 e. The third-order valence-corrected chi connectivity index (χ3v) is 6.47. The van der Waals surface area contributed by atoms with E-state index in [1.165, 1.54) is 4.88 Å². The Balaban J connectivity index is 1.56. The van der Waals surface area contributed by atoms with Gasteiger partial charge in [0.05, 0.1) is 5.41 Å². The summed E-state index contributed by atoms with van der Waals surface area (Å²) in [6.45, 7) is 4.54. The van der Waals surface area contributed by atoms with Gasteiger partial charge in [-0.25, -0.2) is 9.89 Å². The lowest BCUT2D eigenvalue weighted by Crippen LogP contribution is -2.47. The monoisotopic (exact) mass is 439 g/mol. The van der Waals surface area contributed by atoms with Crippen molar-refractivity contribution in [1.29, 1.82) is 0 Å². The summed E-state index contributed by atoms with van der Waals surface area (Å²) in [5.74, 6) is -0.480. The summed E-state index contributed by atoms with van der Waals surface area (Å²) >= 11 is 1.69. The van der Waals surface area contributed by atoms with E-state index in [1.54, 1.807) is 16.2 Å². The minimum atomic E-state index is -0.735. The van der Waals surface area contributed by atoms with Gasteiger partial charge in [0, 0.05) is 24.0 Å². The molecule has 31 heavy (non-hydrogen) atoms. The summed E-state index contributed by atoms with van der Waals surface area (Å²) in [6, 6.07) is 12.3. The Morgan fingerprint density at radius 3 is 2.65 bits per heavy atom. The van der Waals surface area contributed by atoms with Crippen LogP contribution >= 0.6 is 11.3 Å². The number of carbonyl (C=O) groups is 2. The van der Waals surface area contributed by atoms with Crippen molar-refractivity contribution in [2.75, 3.05) is 13.1 Å². The maximum absolute atomic E-state index is 13.2. The Labute approximate surface area is 183 Å². The highest BCUT2D eigenvalue weighted by molar-refractivity contribution is 7.13. The number of hydrogen-bond acceptors (Lipinski definition) is 5. The zero-order valence-corrected chi connectivity index (χ0v) is 18.3. The molecule has 162 valence electrons. The number of likely N-dealkylation sites (tertiary alicyclic amines) is 1. The lowest BCUT2D eigenvalue weighted by atomic mass is 9.79. The molecule has 1 atom stereocenters. The lowest BCUT2D eigenvalue weighted by Gasteiger charge is -2.29. The number of rotatable bonds is 6. The van der Waals surface area contributed by atoms with Crippen LogP contribution in [0.4, 0.5) is 0 Å². The Kier molecular flexibility index (Phi) is 5.77. The highest BCUT2D eigenvalue weighted by Crippen LogP contribution is 2.36. The highest BCUT2D eigenvalue weighted by Gasteiger charge is 2.46. The van der Waals surface area contributed by atoms with Crippen molar-refractivity contribution in [1.82, 2.24) is 25.4 Å². The van der Waals surface area contributed by atoms with E-state index in [2.05, 4.69) is 50.8 Å². The smallest absolute Gasteiger partial charge is 0.341 e. The Morgan fingerprint density at radius 2 is 2.03 bits per heavy atom. The van der Waals surface area contributed by atoms with E-state index in [0.717, 1.165) is 11.1 Å². The van der Waals surface area contributed by atoms with E-state index in [-0.39, 0.29) is 30.2 Å². The van der Waals surface area contributed by atoms with Gasteiger partial charge in [0.25, 0.3) is 5.91 Å². The second kappa shape index (κ2) is 8.50. The van der Waals surface area contributed by atoms with Crippen molar-refractivity contribution >= 4 is 23.2 Å². The summed E-state index contributed by atoms with van der Waals surface area (Å²) < 4.78 is 0. The molecule has 9 heteroatoms. The quantitative estimate of drug-likeness (QED) is 0.548. The summed E-state index contributed by atoms with van der Waals surface area (Å²) in [5.41, 5.74) is 0.921. The van der Waals surface area contributed by atoms with Crippen LogP contribution in [0.3, 0.4) is 0 Å². The molecule has 4 rings (SSSR count). The fraction of sp³-hybridized carbons (Fsp3) is 0.364. The molecule has 1 saturated heterocycles. The predicted octanol–water partition coefficient (Wildman–Crippen LogP) is 2.43. The van der Waals surface area contributed by atoms with Crippen molar-refractivity contribution in [3.8, 4) is 10.4 Å². The van der Waals surface area contributed by atoms with Gasteiger partial charge in [0.1, 0.15) is 0 Å². The molecule has 0 bridgehead atoms. The first-order chi connectivity index (χ1) is 14.9. The van der Waals surface area contributed by atoms with Crippen molar-refractivity contribution < 1.29 is 9.59 Å². The maximum atomic E-state index is 13.2. The zero-order chi connectivity index (χ0) is 22.0. The van der Waals surface area contributed by atoms with Gasteiger partial charge in [-0.1, -0.05) is 30.3 Å². The van der Waals surface area contributed by atoms with Gasteiger partial charge >= 0.3 is 5.69 Å². The van der Waals surface area contributed by atoms with Crippen molar-refractivity contribution in [2.24, 2.45) is 5.41 Å². The van der Waals surface area contributed by atoms with Gasteiger partial charge in [-0.3, -0.25) is 14.6 Å². The van der Waals surface area contributed by atoms with E-state index < -0.39 is 11.1 Å². The summed E-state index contributed by atoms with van der Waals surface area (Å²) in [5, 5.41) is 11.0. The molecule has 1 aliphatic heterocycles. The average molecular weight is 440 g/mol. The van der Waals surface area contributed by atoms with Crippen LogP contribution in [0, 0.1) is 5.41 Å². The Hall–Kier alpha value is -3.20. The number of nitrogens with zero attached hydrogens (tertiary/aromatic N) is 2. The highest BCUT2D eigenvalue weighted by atomic mass is 32.1. The number of aromatic nitrogens is 3. The first-order valence-electron chi connectivity index (χ1n) is 10.2. The second-order valence-electron chi connectivity index (χ2n) is 8.26. The van der Waals surface area contributed by atoms with E-state index >= 15 is 0 Å². The van der Waals surface area contributed by atoms with E-state index in [9.17, 15) is 14.4 Å². The molecule has 0 radical (unpaired) electrons. The molecule has 1 aromatic carbocycles. The number of amides is 2. The predicted molar refractivity (Wildman–Crippen MR) is 119 cm³/mol. The van der Waals surface area contributed by atoms with Crippen molar-refractivity contribution in [3.63, 3.8) is 0 Å². The zero-order valence-electron chi connectivity index (χ0n) is 17.5. The third-order valence-electron chi connectivity index (χ3n) is 5.55. The summed E-state index contributed by atoms with van der Waals surface area (Å²) in [6.07, 6.45) is 1.07. The molecule has 2 aromatic heterocycles. The molecular weight excluding hydrogens is 414 g/mol. The molecule has 8 nitrogen and oxygen atoms in total. The first-order valence-corrected chi connectivity index (χ1v) is 11.1. The normalized spacial score (nSPS) is 18.5. The molecule has 0 spiro atoms. The molecule has 3 heterocycles. The number of carbonyl (C=O) groups excluding carboxylic acids is 2. The standard InChI is InChI=1S/C22H25N5O3S/c1-14(2)23-20(29)22(9-10-27(13-22)19(28)18-24-21(30)26-25-18)12-15-5-7-16(8-6-15)17-4-3-11-31-17/h3-8,11,14H,9-10,12-13H2,1-2H3,(H,23,29)(H2,24,25,26,30)/t22-/m0/s1. The number of benzene rings is 1. The Bertz CT molecular complexity index is 1120. The number of nitrogens with one attached hydrogen (secondary N) is 3. The Morgan fingerprint density at radius 1 is 1.26 bits per heavy atom. The maximum Gasteiger partial charge on any atom is 0.341 e.